The highest BCUT2D eigenvalue weighted by Crippen LogP contribution is 2.32. The summed E-state index contributed by atoms with van der Waals surface area (Å²) in [6.45, 7) is 3.44. The van der Waals surface area contributed by atoms with E-state index in [1.807, 2.05) is 0 Å². The van der Waals surface area contributed by atoms with E-state index >= 15 is 0 Å². The lowest BCUT2D eigenvalue weighted by atomic mass is 9.97. The second kappa shape index (κ2) is 5.69. The summed E-state index contributed by atoms with van der Waals surface area (Å²) in [5.41, 5.74) is 8.15. The number of hydrogen-bond donors (Lipinski definition) is 1. The summed E-state index contributed by atoms with van der Waals surface area (Å²) in [6, 6.07) is 6.73. The number of aryl methyl sites for hydroxylation is 2. The molecule has 0 spiro atoms. The maximum absolute atomic E-state index is 12.4. The van der Waals surface area contributed by atoms with Gasteiger partial charge in [0.1, 0.15) is 5.75 Å². The third-order valence-corrected chi connectivity index (χ3v) is 2.95. The molecule has 112 valence electrons. The van der Waals surface area contributed by atoms with Crippen LogP contribution in [0.1, 0.15) is 28.6 Å². The summed E-state index contributed by atoms with van der Waals surface area (Å²) in [7, 11) is 0. The topological polar surface area (TPSA) is 61.0 Å². The Kier molecular flexibility index (Phi) is 4.13. The summed E-state index contributed by atoms with van der Waals surface area (Å²) in [4.78, 5) is 0. The van der Waals surface area contributed by atoms with Crippen LogP contribution in [0.25, 0.3) is 0 Å². The lowest BCUT2D eigenvalue weighted by Crippen LogP contribution is -2.21. The molecule has 1 atom stereocenters. The number of aromatic nitrogens is 2. The Morgan fingerprint density at radius 1 is 1.10 bits per heavy atom. The van der Waals surface area contributed by atoms with E-state index in [1.165, 1.54) is 18.2 Å². The van der Waals surface area contributed by atoms with Crippen molar-refractivity contribution in [2.75, 3.05) is 0 Å². The van der Waals surface area contributed by atoms with Gasteiger partial charge in [0.15, 0.2) is 0 Å². The third kappa shape index (κ3) is 3.69. The second-order valence-corrected chi connectivity index (χ2v) is 4.59. The highest BCUT2D eigenvalue weighted by molar-refractivity contribution is 5.42. The molecule has 0 fully saturated rings. The Bertz CT molecular complexity index is 644. The Hall–Kier alpha value is -2.15. The van der Waals surface area contributed by atoms with Crippen molar-refractivity contribution >= 4 is 0 Å². The lowest BCUT2D eigenvalue weighted by Gasteiger charge is -2.19. The van der Waals surface area contributed by atoms with Gasteiger partial charge in [0.05, 0.1) is 17.4 Å². The van der Waals surface area contributed by atoms with Crippen molar-refractivity contribution in [1.82, 2.24) is 10.2 Å². The van der Waals surface area contributed by atoms with Crippen LogP contribution >= 0.6 is 0 Å². The van der Waals surface area contributed by atoms with E-state index in [0.717, 1.165) is 0 Å². The molecule has 21 heavy (non-hydrogen) atoms. The van der Waals surface area contributed by atoms with Gasteiger partial charge in [0.25, 0.3) is 0 Å². The van der Waals surface area contributed by atoms with Gasteiger partial charge in [-0.05, 0) is 31.5 Å². The fraction of sp³-hybridized carbons (Fsp3) is 0.286. The van der Waals surface area contributed by atoms with E-state index < -0.39 is 12.4 Å². The van der Waals surface area contributed by atoms with E-state index in [0.29, 0.717) is 17.0 Å². The maximum atomic E-state index is 12.4. The average molecular weight is 297 g/mol. The molecule has 1 aromatic heterocycles. The number of alkyl halides is 3. The fourth-order valence-corrected chi connectivity index (χ4v) is 2.01. The Morgan fingerprint density at radius 2 is 1.76 bits per heavy atom. The van der Waals surface area contributed by atoms with Crippen molar-refractivity contribution in [2.24, 2.45) is 5.73 Å². The van der Waals surface area contributed by atoms with Crippen molar-refractivity contribution in [3.63, 3.8) is 0 Å². The first-order chi connectivity index (χ1) is 9.78. The molecule has 0 aliphatic heterocycles. The number of ether oxygens (including phenoxy) is 1. The minimum atomic E-state index is -4.77. The first kappa shape index (κ1) is 15.2. The van der Waals surface area contributed by atoms with Gasteiger partial charge in [-0.1, -0.05) is 18.2 Å². The first-order valence-electron chi connectivity index (χ1n) is 6.19. The standard InChI is InChI=1S/C14H14F3N3O/c1-8-7-11(9(2)20-19-8)13(18)10-5-3-4-6-12(10)21-14(15,16)17/h3-7,13H,18H2,1-2H3. The van der Waals surface area contributed by atoms with Crippen LogP contribution in [-0.2, 0) is 0 Å². The molecule has 0 aliphatic carbocycles. The molecule has 0 amide bonds. The number of hydrogen-bond acceptors (Lipinski definition) is 4. The maximum Gasteiger partial charge on any atom is 0.573 e. The Morgan fingerprint density at radius 3 is 2.43 bits per heavy atom. The highest BCUT2D eigenvalue weighted by atomic mass is 19.4. The summed E-state index contributed by atoms with van der Waals surface area (Å²) < 4.78 is 41.4. The molecule has 1 aromatic carbocycles. The normalized spacial score (nSPS) is 13.0. The Labute approximate surface area is 119 Å². The minimum Gasteiger partial charge on any atom is -0.405 e. The van der Waals surface area contributed by atoms with Crippen LogP contribution in [0.2, 0.25) is 0 Å². The minimum absolute atomic E-state index is 0.241. The average Bonchev–Trinajstić information content (AvgIpc) is 2.39. The number of nitrogens with two attached hydrogens (primary N) is 1. The van der Waals surface area contributed by atoms with E-state index in [4.69, 9.17) is 5.73 Å². The van der Waals surface area contributed by atoms with Crippen LogP contribution in [0.5, 0.6) is 5.75 Å². The molecule has 0 bridgehead atoms. The molecule has 0 saturated heterocycles. The summed E-state index contributed by atoms with van der Waals surface area (Å²) in [5.74, 6) is -0.314. The first-order valence-corrected chi connectivity index (χ1v) is 6.19. The fourth-order valence-electron chi connectivity index (χ4n) is 2.01. The van der Waals surface area contributed by atoms with Gasteiger partial charge in [-0.25, -0.2) is 0 Å². The zero-order valence-electron chi connectivity index (χ0n) is 11.5. The van der Waals surface area contributed by atoms with Crippen LogP contribution < -0.4 is 10.5 Å². The summed E-state index contributed by atoms with van der Waals surface area (Å²) >= 11 is 0. The van der Waals surface area contributed by atoms with Crippen molar-refractivity contribution < 1.29 is 17.9 Å². The van der Waals surface area contributed by atoms with Gasteiger partial charge in [-0.15, -0.1) is 13.2 Å². The molecule has 7 heteroatoms. The number of para-hydroxylation sites is 1. The molecule has 1 heterocycles. The smallest absolute Gasteiger partial charge is 0.405 e. The largest absolute Gasteiger partial charge is 0.573 e. The van der Waals surface area contributed by atoms with Gasteiger partial charge in [0, 0.05) is 5.56 Å². The van der Waals surface area contributed by atoms with Crippen molar-refractivity contribution in [3.8, 4) is 5.75 Å². The molecule has 2 N–H and O–H groups in total. The Balaban J connectivity index is 2.44. The summed E-state index contributed by atoms with van der Waals surface area (Å²) in [5, 5.41) is 7.82. The van der Waals surface area contributed by atoms with Crippen LogP contribution in [-0.4, -0.2) is 16.6 Å². The zero-order chi connectivity index (χ0) is 15.6. The van der Waals surface area contributed by atoms with E-state index in [2.05, 4.69) is 14.9 Å². The molecule has 1 unspecified atom stereocenters. The van der Waals surface area contributed by atoms with Crippen molar-refractivity contribution in [2.45, 2.75) is 26.3 Å². The van der Waals surface area contributed by atoms with Gasteiger partial charge in [0.2, 0.25) is 0 Å². The van der Waals surface area contributed by atoms with Crippen molar-refractivity contribution in [1.29, 1.82) is 0 Å². The van der Waals surface area contributed by atoms with E-state index in [1.54, 1.807) is 26.0 Å². The molecule has 0 radical (unpaired) electrons. The van der Waals surface area contributed by atoms with E-state index in [9.17, 15) is 13.2 Å². The van der Waals surface area contributed by atoms with Gasteiger partial charge >= 0.3 is 6.36 Å². The van der Waals surface area contributed by atoms with Crippen molar-refractivity contribution in [3.05, 3.63) is 52.8 Å². The SMILES string of the molecule is Cc1cc(C(N)c2ccccc2OC(F)(F)F)c(C)nn1. The third-order valence-electron chi connectivity index (χ3n) is 2.95. The highest BCUT2D eigenvalue weighted by Gasteiger charge is 2.32. The molecular weight excluding hydrogens is 283 g/mol. The molecule has 0 saturated carbocycles. The monoisotopic (exact) mass is 297 g/mol. The zero-order valence-corrected chi connectivity index (χ0v) is 11.5. The molecular formula is C14H14F3N3O. The van der Waals surface area contributed by atoms with Crippen LogP contribution in [0.3, 0.4) is 0 Å². The number of rotatable bonds is 3. The number of nitrogens with zero attached hydrogens (tertiary/aromatic N) is 2. The predicted octanol–water partition coefficient (Wildman–Crippen LogP) is 3.04. The second-order valence-electron chi connectivity index (χ2n) is 4.59. The number of benzene rings is 1. The van der Waals surface area contributed by atoms with Gasteiger partial charge in [-0.2, -0.15) is 10.2 Å². The van der Waals surface area contributed by atoms with Crippen LogP contribution in [0.4, 0.5) is 13.2 Å². The lowest BCUT2D eigenvalue weighted by molar-refractivity contribution is -0.274. The molecule has 2 aromatic rings. The van der Waals surface area contributed by atoms with E-state index in [-0.39, 0.29) is 11.3 Å². The van der Waals surface area contributed by atoms with Crippen LogP contribution in [0, 0.1) is 13.8 Å². The predicted molar refractivity (Wildman–Crippen MR) is 70.7 cm³/mol. The molecule has 2 rings (SSSR count). The quantitative estimate of drug-likeness (QED) is 0.946. The van der Waals surface area contributed by atoms with Gasteiger partial charge in [-0.3, -0.25) is 0 Å². The molecule has 4 nitrogen and oxygen atoms in total. The number of halogens is 3. The van der Waals surface area contributed by atoms with Gasteiger partial charge < -0.3 is 10.5 Å². The summed E-state index contributed by atoms with van der Waals surface area (Å²) in [6.07, 6.45) is -4.77. The van der Waals surface area contributed by atoms with Crippen LogP contribution in [0.15, 0.2) is 30.3 Å². The molecule has 0 aliphatic rings.